The van der Waals surface area contributed by atoms with E-state index in [0.717, 1.165) is 18.2 Å². The molecule has 1 spiro atoms. The highest BCUT2D eigenvalue weighted by Gasteiger charge is 2.69. The molecule has 4 rings (SSSR count). The van der Waals surface area contributed by atoms with Crippen LogP contribution in [0.5, 0.6) is 0 Å². The summed E-state index contributed by atoms with van der Waals surface area (Å²) in [7, 11) is 0. The lowest BCUT2D eigenvalue weighted by Crippen LogP contribution is -2.53. The Hall–Kier alpha value is -2.71. The van der Waals surface area contributed by atoms with Crippen molar-refractivity contribution in [1.82, 2.24) is 4.90 Å². The molecule has 0 radical (unpaired) electrons. The standard InChI is InChI=1S/C22H20F6N2O/c23-21(24,25)14-20(15-5-2-1-3-6-15)19(9-10-19)11-12-30(20)18(31)29-17-8-4-7-16(13-17)22(26,27)28/h1-8,13H,9-12,14H2,(H,29,31)/t20-/m1/s1. The normalized spacial score (nSPS) is 22.6. The lowest BCUT2D eigenvalue weighted by Gasteiger charge is -2.44. The first-order valence-electron chi connectivity index (χ1n) is 9.85. The van der Waals surface area contributed by atoms with Crippen molar-refractivity contribution < 1.29 is 31.1 Å². The highest BCUT2D eigenvalue weighted by Crippen LogP contribution is 2.69. The van der Waals surface area contributed by atoms with Crippen LogP contribution >= 0.6 is 0 Å². The van der Waals surface area contributed by atoms with Crippen LogP contribution in [-0.4, -0.2) is 23.7 Å². The number of nitrogens with zero attached hydrogens (tertiary/aromatic N) is 1. The van der Waals surface area contributed by atoms with Crippen LogP contribution in [0.25, 0.3) is 0 Å². The molecule has 1 saturated heterocycles. The van der Waals surface area contributed by atoms with Crippen LogP contribution in [0.15, 0.2) is 54.6 Å². The molecule has 1 N–H and O–H groups in total. The molecule has 1 atom stereocenters. The Morgan fingerprint density at radius 1 is 0.935 bits per heavy atom. The summed E-state index contributed by atoms with van der Waals surface area (Å²) in [6.45, 7) is 0.0930. The molecule has 9 heteroatoms. The van der Waals surface area contributed by atoms with Crippen LogP contribution in [0.4, 0.5) is 36.8 Å². The van der Waals surface area contributed by atoms with Crippen molar-refractivity contribution in [3.05, 3.63) is 65.7 Å². The Morgan fingerprint density at radius 3 is 2.19 bits per heavy atom. The molecule has 0 unspecified atom stereocenters. The highest BCUT2D eigenvalue weighted by atomic mass is 19.4. The Bertz CT molecular complexity index is 968. The molecule has 2 amide bonds. The molecule has 31 heavy (non-hydrogen) atoms. The molecule has 2 fully saturated rings. The van der Waals surface area contributed by atoms with E-state index < -0.39 is 41.3 Å². The summed E-state index contributed by atoms with van der Waals surface area (Å²) in [6, 6.07) is 11.3. The molecular weight excluding hydrogens is 422 g/mol. The van der Waals surface area contributed by atoms with Gasteiger partial charge in [0.25, 0.3) is 0 Å². The number of alkyl halides is 6. The van der Waals surface area contributed by atoms with Gasteiger partial charge < -0.3 is 10.2 Å². The fraction of sp³-hybridized carbons (Fsp3) is 0.409. The summed E-state index contributed by atoms with van der Waals surface area (Å²) in [6.07, 6.45) is -8.81. The predicted octanol–water partition coefficient (Wildman–Crippen LogP) is 6.57. The second kappa shape index (κ2) is 7.17. The number of benzene rings is 2. The van der Waals surface area contributed by atoms with Crippen molar-refractivity contribution in [2.75, 3.05) is 11.9 Å². The number of rotatable bonds is 3. The van der Waals surface area contributed by atoms with Gasteiger partial charge in [0, 0.05) is 17.6 Å². The van der Waals surface area contributed by atoms with Gasteiger partial charge in [-0.1, -0.05) is 36.4 Å². The molecule has 1 saturated carbocycles. The van der Waals surface area contributed by atoms with Crippen molar-refractivity contribution in [1.29, 1.82) is 0 Å². The summed E-state index contributed by atoms with van der Waals surface area (Å²) >= 11 is 0. The van der Waals surface area contributed by atoms with Gasteiger partial charge in [-0.2, -0.15) is 26.3 Å². The number of nitrogens with one attached hydrogen (secondary N) is 1. The highest BCUT2D eigenvalue weighted by molar-refractivity contribution is 5.90. The number of anilines is 1. The lowest BCUT2D eigenvalue weighted by molar-refractivity contribution is -0.164. The molecule has 1 aliphatic carbocycles. The minimum atomic E-state index is -4.60. The first-order valence-corrected chi connectivity index (χ1v) is 9.85. The minimum absolute atomic E-state index is 0.0930. The van der Waals surface area contributed by atoms with Gasteiger partial charge >= 0.3 is 18.4 Å². The molecule has 1 aliphatic heterocycles. The quantitative estimate of drug-likeness (QED) is 0.536. The average molecular weight is 442 g/mol. The number of amides is 2. The fourth-order valence-corrected chi connectivity index (χ4v) is 4.91. The number of hydrogen-bond acceptors (Lipinski definition) is 1. The number of carbonyl (C=O) groups excluding carboxylic acids is 1. The van der Waals surface area contributed by atoms with Crippen molar-refractivity contribution in [2.24, 2.45) is 5.41 Å². The Balaban J connectivity index is 1.72. The molecule has 3 nitrogen and oxygen atoms in total. The van der Waals surface area contributed by atoms with Crippen LogP contribution < -0.4 is 5.32 Å². The third kappa shape index (κ3) is 3.85. The molecule has 1 heterocycles. The number of urea groups is 1. The SMILES string of the molecule is O=C(Nc1cccc(C(F)(F)F)c1)N1CCC2(CC2)[C@@]1(CC(F)(F)F)c1ccccc1. The zero-order valence-electron chi connectivity index (χ0n) is 16.4. The zero-order valence-corrected chi connectivity index (χ0v) is 16.4. The van der Waals surface area contributed by atoms with Gasteiger partial charge in [0.1, 0.15) is 0 Å². The van der Waals surface area contributed by atoms with E-state index in [2.05, 4.69) is 5.32 Å². The molecule has 0 aromatic heterocycles. The predicted molar refractivity (Wildman–Crippen MR) is 102 cm³/mol. The Morgan fingerprint density at radius 2 is 1.61 bits per heavy atom. The summed E-state index contributed by atoms with van der Waals surface area (Å²) < 4.78 is 80.3. The zero-order chi connectivity index (χ0) is 22.5. The van der Waals surface area contributed by atoms with Gasteiger partial charge in [0.05, 0.1) is 17.5 Å². The van der Waals surface area contributed by atoms with E-state index in [1.165, 1.54) is 11.0 Å². The number of halogens is 6. The second-order valence-corrected chi connectivity index (χ2v) is 8.21. The minimum Gasteiger partial charge on any atom is -0.314 e. The smallest absolute Gasteiger partial charge is 0.314 e. The average Bonchev–Trinajstić information content (AvgIpc) is 3.41. The van der Waals surface area contributed by atoms with Crippen LogP contribution in [0, 0.1) is 5.41 Å². The molecule has 0 bridgehead atoms. The van der Waals surface area contributed by atoms with Gasteiger partial charge in [-0.15, -0.1) is 0 Å². The molecule has 166 valence electrons. The first-order chi connectivity index (χ1) is 14.5. The number of hydrogen-bond donors (Lipinski definition) is 1. The maximum absolute atomic E-state index is 13.8. The van der Waals surface area contributed by atoms with Crippen LogP contribution in [0.3, 0.4) is 0 Å². The third-order valence-corrected chi connectivity index (χ3v) is 6.40. The van der Waals surface area contributed by atoms with Gasteiger partial charge in [0.2, 0.25) is 0 Å². The maximum atomic E-state index is 13.8. The summed E-state index contributed by atoms with van der Waals surface area (Å²) in [5, 5.41) is 2.39. The van der Waals surface area contributed by atoms with E-state index in [-0.39, 0.29) is 12.2 Å². The van der Waals surface area contributed by atoms with Crippen LogP contribution in [0.1, 0.15) is 36.8 Å². The van der Waals surface area contributed by atoms with Crippen molar-refractivity contribution in [3.8, 4) is 0 Å². The largest absolute Gasteiger partial charge is 0.416 e. The molecule has 2 aliphatic rings. The summed E-state index contributed by atoms with van der Waals surface area (Å²) in [5.41, 5.74) is -2.96. The van der Waals surface area contributed by atoms with E-state index in [1.807, 2.05) is 0 Å². The molecular formula is C22H20F6N2O. The number of likely N-dealkylation sites (tertiary alicyclic amines) is 1. The monoisotopic (exact) mass is 442 g/mol. The van der Waals surface area contributed by atoms with Crippen molar-refractivity contribution in [2.45, 2.75) is 43.6 Å². The van der Waals surface area contributed by atoms with Gasteiger partial charge in [-0.25, -0.2) is 4.79 Å². The summed E-state index contributed by atoms with van der Waals surface area (Å²) in [4.78, 5) is 14.3. The van der Waals surface area contributed by atoms with E-state index in [1.54, 1.807) is 30.3 Å². The van der Waals surface area contributed by atoms with Crippen molar-refractivity contribution >= 4 is 11.7 Å². The molecule has 2 aromatic rings. The molecule has 2 aromatic carbocycles. The third-order valence-electron chi connectivity index (χ3n) is 6.40. The Labute approximate surface area is 175 Å². The lowest BCUT2D eigenvalue weighted by atomic mass is 9.73. The van der Waals surface area contributed by atoms with E-state index in [9.17, 15) is 31.1 Å². The maximum Gasteiger partial charge on any atom is 0.416 e. The second-order valence-electron chi connectivity index (χ2n) is 8.21. The van der Waals surface area contributed by atoms with Crippen LogP contribution in [0.2, 0.25) is 0 Å². The van der Waals surface area contributed by atoms with E-state index >= 15 is 0 Å². The van der Waals surface area contributed by atoms with Gasteiger partial charge in [-0.05, 0) is 43.0 Å². The fourth-order valence-electron chi connectivity index (χ4n) is 4.91. The first kappa shape index (κ1) is 21.5. The van der Waals surface area contributed by atoms with E-state index in [0.29, 0.717) is 24.8 Å². The van der Waals surface area contributed by atoms with E-state index in [4.69, 9.17) is 0 Å². The number of carbonyl (C=O) groups is 1. The summed E-state index contributed by atoms with van der Waals surface area (Å²) in [5.74, 6) is 0. The van der Waals surface area contributed by atoms with Crippen LogP contribution in [-0.2, 0) is 11.7 Å². The van der Waals surface area contributed by atoms with Gasteiger partial charge in [0.15, 0.2) is 0 Å². The topological polar surface area (TPSA) is 32.3 Å². The Kier molecular flexibility index (Phi) is 4.98. The van der Waals surface area contributed by atoms with Crippen molar-refractivity contribution in [3.63, 3.8) is 0 Å². The van der Waals surface area contributed by atoms with Gasteiger partial charge in [-0.3, -0.25) is 0 Å².